The van der Waals surface area contributed by atoms with E-state index in [-0.39, 0.29) is 11.6 Å². The van der Waals surface area contributed by atoms with Crippen molar-refractivity contribution in [3.8, 4) is 17.2 Å². The maximum absolute atomic E-state index is 9.88. The second-order valence-electron chi connectivity index (χ2n) is 5.15. The molecule has 0 aliphatic rings. The summed E-state index contributed by atoms with van der Waals surface area (Å²) in [5, 5.41) is 17.8. The molecule has 0 saturated carbocycles. The lowest BCUT2D eigenvalue weighted by Gasteiger charge is -2.00. The van der Waals surface area contributed by atoms with Crippen LogP contribution in [0.5, 0.6) is 5.75 Å². The number of H-pyrrole nitrogens is 1. The van der Waals surface area contributed by atoms with E-state index < -0.39 is 0 Å². The molecule has 0 radical (unpaired) electrons. The number of fused-ring (bicyclic) bond motifs is 1. The van der Waals surface area contributed by atoms with Gasteiger partial charge in [-0.05, 0) is 30.3 Å². The minimum absolute atomic E-state index is 0.0399. The second kappa shape index (κ2) is 5.13. The standard InChI is InChI=1S/C16H13N5O2/c17-9-5-6-13(22)10(7-9)16-21-20-15(23-16)8-14-18-11-3-1-2-4-12(11)19-14/h1-7,22H,8,17H2,(H,18,19). The molecule has 23 heavy (non-hydrogen) atoms. The second-order valence-corrected chi connectivity index (χ2v) is 5.15. The third-order valence-electron chi connectivity index (χ3n) is 3.47. The molecule has 4 N–H and O–H groups in total. The SMILES string of the molecule is Nc1ccc(O)c(-c2nnc(Cc3nc4ccccc4[nH]3)o2)c1. The fraction of sp³-hybridized carbons (Fsp3) is 0.0625. The van der Waals surface area contributed by atoms with Crippen LogP contribution in [0.3, 0.4) is 0 Å². The van der Waals surface area contributed by atoms with Gasteiger partial charge in [0, 0.05) is 5.69 Å². The Hall–Kier alpha value is -3.35. The number of phenols is 1. The molecule has 4 rings (SSSR count). The van der Waals surface area contributed by atoms with Crippen LogP contribution in [0.2, 0.25) is 0 Å². The van der Waals surface area contributed by atoms with E-state index in [1.165, 1.54) is 6.07 Å². The van der Waals surface area contributed by atoms with Crippen LogP contribution in [0, 0.1) is 0 Å². The average molecular weight is 307 g/mol. The fourth-order valence-electron chi connectivity index (χ4n) is 2.39. The molecule has 0 atom stereocenters. The molecule has 0 aliphatic heterocycles. The fourth-order valence-corrected chi connectivity index (χ4v) is 2.39. The van der Waals surface area contributed by atoms with Crippen LogP contribution in [0.4, 0.5) is 5.69 Å². The van der Waals surface area contributed by atoms with Gasteiger partial charge in [-0.15, -0.1) is 10.2 Å². The number of nitrogen functional groups attached to an aromatic ring is 1. The number of aromatic amines is 1. The van der Waals surface area contributed by atoms with Crippen LogP contribution in [-0.4, -0.2) is 25.3 Å². The van der Waals surface area contributed by atoms with Crippen molar-refractivity contribution in [2.75, 3.05) is 5.73 Å². The molecule has 114 valence electrons. The molecule has 0 bridgehead atoms. The number of nitrogens with one attached hydrogen (secondary N) is 1. The highest BCUT2D eigenvalue weighted by Crippen LogP contribution is 2.30. The van der Waals surface area contributed by atoms with Crippen molar-refractivity contribution in [2.45, 2.75) is 6.42 Å². The highest BCUT2D eigenvalue weighted by Gasteiger charge is 2.14. The Balaban J connectivity index is 1.64. The van der Waals surface area contributed by atoms with Crippen LogP contribution in [0.25, 0.3) is 22.5 Å². The van der Waals surface area contributed by atoms with Gasteiger partial charge in [-0.2, -0.15) is 0 Å². The quantitative estimate of drug-likeness (QED) is 0.396. The summed E-state index contributed by atoms with van der Waals surface area (Å²) in [7, 11) is 0. The molecule has 2 heterocycles. The van der Waals surface area contributed by atoms with Crippen molar-refractivity contribution < 1.29 is 9.52 Å². The van der Waals surface area contributed by atoms with E-state index in [1.54, 1.807) is 12.1 Å². The van der Waals surface area contributed by atoms with Crippen LogP contribution < -0.4 is 5.73 Å². The van der Waals surface area contributed by atoms with Gasteiger partial charge in [0.1, 0.15) is 11.6 Å². The van der Waals surface area contributed by atoms with Crippen molar-refractivity contribution in [1.82, 2.24) is 20.2 Å². The number of imidazole rings is 1. The van der Waals surface area contributed by atoms with Gasteiger partial charge in [-0.3, -0.25) is 0 Å². The lowest BCUT2D eigenvalue weighted by atomic mass is 10.2. The molecule has 4 aromatic rings. The number of hydrogen-bond donors (Lipinski definition) is 3. The molecule has 0 saturated heterocycles. The number of aromatic nitrogens is 4. The van der Waals surface area contributed by atoms with Crippen LogP contribution in [0.15, 0.2) is 46.9 Å². The van der Waals surface area contributed by atoms with E-state index in [9.17, 15) is 5.11 Å². The number of hydrogen-bond acceptors (Lipinski definition) is 6. The molecule has 0 unspecified atom stereocenters. The molecular weight excluding hydrogens is 294 g/mol. The van der Waals surface area contributed by atoms with Gasteiger partial charge >= 0.3 is 0 Å². The third kappa shape index (κ3) is 2.48. The molecule has 0 fully saturated rings. The smallest absolute Gasteiger partial charge is 0.251 e. The molecule has 0 spiro atoms. The summed E-state index contributed by atoms with van der Waals surface area (Å²) < 4.78 is 5.61. The van der Waals surface area contributed by atoms with E-state index in [0.29, 0.717) is 23.6 Å². The zero-order valence-corrected chi connectivity index (χ0v) is 12.0. The first-order chi connectivity index (χ1) is 11.2. The molecule has 7 heteroatoms. The normalized spacial score (nSPS) is 11.1. The number of nitrogens with two attached hydrogens (primary N) is 1. The van der Waals surface area contributed by atoms with E-state index in [4.69, 9.17) is 10.2 Å². The summed E-state index contributed by atoms with van der Waals surface area (Å²) in [5.41, 5.74) is 8.48. The van der Waals surface area contributed by atoms with Gasteiger partial charge < -0.3 is 20.2 Å². The first-order valence-corrected chi connectivity index (χ1v) is 7.04. The van der Waals surface area contributed by atoms with Gasteiger partial charge in [0.2, 0.25) is 5.89 Å². The average Bonchev–Trinajstić information content (AvgIpc) is 3.16. The van der Waals surface area contributed by atoms with Crippen molar-refractivity contribution in [1.29, 1.82) is 0 Å². The number of rotatable bonds is 3. The summed E-state index contributed by atoms with van der Waals surface area (Å²) in [6.45, 7) is 0. The Morgan fingerprint density at radius 3 is 2.87 bits per heavy atom. The number of para-hydroxylation sites is 2. The Morgan fingerprint density at radius 2 is 2.00 bits per heavy atom. The molecule has 7 nitrogen and oxygen atoms in total. The van der Waals surface area contributed by atoms with Gasteiger partial charge in [-0.1, -0.05) is 12.1 Å². The van der Waals surface area contributed by atoms with Crippen molar-refractivity contribution in [3.05, 3.63) is 54.2 Å². The zero-order valence-electron chi connectivity index (χ0n) is 12.0. The Labute approximate surface area is 130 Å². The summed E-state index contributed by atoms with van der Waals surface area (Å²) in [4.78, 5) is 7.67. The largest absolute Gasteiger partial charge is 0.507 e. The molecule has 0 aliphatic carbocycles. The maximum Gasteiger partial charge on any atom is 0.251 e. The van der Waals surface area contributed by atoms with E-state index in [2.05, 4.69) is 20.2 Å². The van der Waals surface area contributed by atoms with Crippen molar-refractivity contribution in [3.63, 3.8) is 0 Å². The van der Waals surface area contributed by atoms with Gasteiger partial charge in [0.25, 0.3) is 5.89 Å². The predicted molar refractivity (Wildman–Crippen MR) is 84.7 cm³/mol. The third-order valence-corrected chi connectivity index (χ3v) is 3.47. The van der Waals surface area contributed by atoms with E-state index in [0.717, 1.165) is 16.9 Å². The van der Waals surface area contributed by atoms with Crippen molar-refractivity contribution in [2.24, 2.45) is 0 Å². The van der Waals surface area contributed by atoms with E-state index >= 15 is 0 Å². The summed E-state index contributed by atoms with van der Waals surface area (Å²) in [6.07, 6.45) is 0.380. The van der Waals surface area contributed by atoms with Crippen LogP contribution in [0.1, 0.15) is 11.7 Å². The minimum Gasteiger partial charge on any atom is -0.507 e. The highest BCUT2D eigenvalue weighted by atomic mass is 16.4. The number of phenolic OH excluding ortho intramolecular Hbond substituents is 1. The Morgan fingerprint density at radius 1 is 1.13 bits per heavy atom. The first kappa shape index (κ1) is 13.3. The Bertz CT molecular complexity index is 956. The summed E-state index contributed by atoms with van der Waals surface area (Å²) >= 11 is 0. The lowest BCUT2D eigenvalue weighted by molar-refractivity contribution is 0.469. The lowest BCUT2D eigenvalue weighted by Crippen LogP contribution is -1.90. The molecule has 2 aromatic heterocycles. The summed E-state index contributed by atoms with van der Waals surface area (Å²) in [5.74, 6) is 1.40. The first-order valence-electron chi connectivity index (χ1n) is 7.04. The molecule has 0 amide bonds. The van der Waals surface area contributed by atoms with Gasteiger partial charge in [-0.25, -0.2) is 4.98 Å². The molecule has 2 aromatic carbocycles. The zero-order chi connectivity index (χ0) is 15.8. The minimum atomic E-state index is 0.0399. The van der Waals surface area contributed by atoms with Crippen LogP contribution >= 0.6 is 0 Å². The Kier molecular flexibility index (Phi) is 2.97. The van der Waals surface area contributed by atoms with Gasteiger partial charge in [0.15, 0.2) is 0 Å². The highest BCUT2D eigenvalue weighted by molar-refractivity contribution is 5.74. The topological polar surface area (TPSA) is 114 Å². The molecular formula is C16H13N5O2. The van der Waals surface area contributed by atoms with Crippen molar-refractivity contribution >= 4 is 16.7 Å². The van der Waals surface area contributed by atoms with E-state index in [1.807, 2.05) is 24.3 Å². The monoisotopic (exact) mass is 307 g/mol. The summed E-state index contributed by atoms with van der Waals surface area (Å²) in [6, 6.07) is 12.4. The predicted octanol–water partition coefficient (Wildman–Crippen LogP) is 2.49. The number of aromatic hydroxyl groups is 1. The maximum atomic E-state index is 9.88. The number of nitrogens with zero attached hydrogens (tertiary/aromatic N) is 3. The number of benzene rings is 2. The van der Waals surface area contributed by atoms with Crippen LogP contribution in [-0.2, 0) is 6.42 Å². The van der Waals surface area contributed by atoms with Gasteiger partial charge in [0.05, 0.1) is 23.0 Å². The number of anilines is 1.